The summed E-state index contributed by atoms with van der Waals surface area (Å²) in [5.41, 5.74) is 0.779. The van der Waals surface area contributed by atoms with Gasteiger partial charge in [-0.05, 0) is 25.2 Å². The Morgan fingerprint density at radius 3 is 2.30 bits per heavy atom. The Balaban J connectivity index is 0.000000205. The molecular weight excluding hydrogens is 399 g/mol. The summed E-state index contributed by atoms with van der Waals surface area (Å²) in [5.74, 6) is 0.267. The molecule has 1 aromatic heterocycles. The minimum atomic E-state index is -4.31. The van der Waals surface area contributed by atoms with Crippen molar-refractivity contribution >= 4 is 18.6 Å². The van der Waals surface area contributed by atoms with E-state index in [1.807, 2.05) is 31.1 Å². The highest BCUT2D eigenvalue weighted by molar-refractivity contribution is 5.94. The lowest BCUT2D eigenvalue weighted by Gasteiger charge is -2.36. The molecule has 3 heterocycles. The maximum Gasteiger partial charge on any atom is 0.417 e. The van der Waals surface area contributed by atoms with E-state index in [0.29, 0.717) is 5.82 Å². The number of pyridine rings is 1. The number of nitrogens with one attached hydrogen (secondary N) is 1. The first kappa shape index (κ1) is 23.3. The van der Waals surface area contributed by atoms with Crippen molar-refractivity contribution in [2.45, 2.75) is 24.6 Å². The van der Waals surface area contributed by atoms with E-state index < -0.39 is 11.7 Å². The molecule has 2 aliphatic heterocycles. The van der Waals surface area contributed by atoms with Crippen molar-refractivity contribution in [3.63, 3.8) is 0 Å². The number of ether oxygens (including phenoxy) is 1. The number of piperidine rings is 1. The zero-order valence-electron chi connectivity index (χ0n) is 16.8. The number of likely N-dealkylation sites (tertiary alicyclic amines) is 1. The Morgan fingerprint density at radius 2 is 1.77 bits per heavy atom. The monoisotopic (exact) mass is 423 g/mol. The third kappa shape index (κ3) is 5.15. The van der Waals surface area contributed by atoms with Gasteiger partial charge in [-0.2, -0.15) is 13.2 Å². The largest absolute Gasteiger partial charge is 0.450 e. The zero-order chi connectivity index (χ0) is 22.4. The lowest BCUT2D eigenvalue weighted by atomic mass is 9.84. The highest BCUT2D eigenvalue weighted by Crippen LogP contribution is 2.43. The van der Waals surface area contributed by atoms with Gasteiger partial charge in [0, 0.05) is 44.7 Å². The van der Waals surface area contributed by atoms with E-state index in [9.17, 15) is 18.0 Å². The first-order chi connectivity index (χ1) is 14.2. The topological polar surface area (TPSA) is 71.5 Å². The molecule has 4 rings (SSSR count). The third-order valence-corrected chi connectivity index (χ3v) is 5.07. The molecule has 0 radical (unpaired) electrons. The maximum atomic E-state index is 12.0. The number of aromatic nitrogens is 1. The van der Waals surface area contributed by atoms with Gasteiger partial charge in [-0.25, -0.2) is 9.78 Å². The molecule has 0 saturated carbocycles. The van der Waals surface area contributed by atoms with Gasteiger partial charge in [0.15, 0.2) is 0 Å². The van der Waals surface area contributed by atoms with Crippen LogP contribution in [0.1, 0.15) is 34.3 Å². The van der Waals surface area contributed by atoms with E-state index in [4.69, 9.17) is 9.53 Å². The molecule has 1 aromatic carbocycles. The fourth-order valence-electron chi connectivity index (χ4n) is 3.41. The summed E-state index contributed by atoms with van der Waals surface area (Å²) in [5, 5.41) is 2.63. The average Bonchev–Trinajstić information content (AvgIpc) is 3.04. The summed E-state index contributed by atoms with van der Waals surface area (Å²) in [4.78, 5) is 25.6. The summed E-state index contributed by atoms with van der Waals surface area (Å²) in [6.07, 6.45) is -1.69. The van der Waals surface area contributed by atoms with Crippen LogP contribution in [-0.2, 0) is 21.3 Å². The highest BCUT2D eigenvalue weighted by atomic mass is 19.4. The Morgan fingerprint density at radius 1 is 1.13 bits per heavy atom. The normalized spacial score (nSPS) is 17.0. The number of rotatable bonds is 1. The minimum Gasteiger partial charge on any atom is -0.450 e. The van der Waals surface area contributed by atoms with Crippen LogP contribution in [0.5, 0.6) is 0 Å². The molecule has 0 bridgehead atoms. The predicted octanol–water partition coefficient (Wildman–Crippen LogP) is 3.74. The van der Waals surface area contributed by atoms with E-state index >= 15 is 0 Å². The summed E-state index contributed by atoms with van der Waals surface area (Å²) in [7, 11) is 3.70. The summed E-state index contributed by atoms with van der Waals surface area (Å²) in [6.45, 7) is 3.98. The van der Waals surface area contributed by atoms with Gasteiger partial charge in [0.1, 0.15) is 18.2 Å². The van der Waals surface area contributed by atoms with Crippen LogP contribution >= 0.6 is 0 Å². The standard InChI is InChI=1S/C13H15NO2.C7H7F3N2.CH2O/c1-14-8-6-13(7-9-14)11-5-3-2-4-10(11)12(15)16-13;1-11-6-3-2-5(4-12-6)7(8,9)10;1-2/h2-5H,6-9H2,1H3;2-4H,1H3,(H,11,12);1H2. The van der Waals surface area contributed by atoms with Crippen molar-refractivity contribution in [2.75, 3.05) is 32.5 Å². The van der Waals surface area contributed by atoms with E-state index in [0.717, 1.165) is 49.3 Å². The number of benzene rings is 1. The average molecular weight is 423 g/mol. The Hall–Kier alpha value is -2.94. The molecule has 2 aromatic rings. The second-order valence-corrected chi connectivity index (χ2v) is 6.91. The minimum absolute atomic E-state index is 0.153. The lowest BCUT2D eigenvalue weighted by molar-refractivity contribution is -0.137. The quantitative estimate of drug-likeness (QED) is 0.705. The van der Waals surface area contributed by atoms with Crippen LogP contribution in [-0.4, -0.2) is 49.8 Å². The molecule has 162 valence electrons. The predicted molar refractivity (Wildman–Crippen MR) is 106 cm³/mol. The number of fused-ring (bicyclic) bond motifs is 2. The summed E-state index contributed by atoms with van der Waals surface area (Å²) in [6, 6.07) is 10.0. The molecule has 6 nitrogen and oxygen atoms in total. The number of hydrogen-bond donors (Lipinski definition) is 1. The van der Waals surface area contributed by atoms with Crippen LogP contribution in [0.15, 0.2) is 42.6 Å². The van der Waals surface area contributed by atoms with Crippen LogP contribution in [0.4, 0.5) is 19.0 Å². The number of alkyl halides is 3. The molecule has 1 N–H and O–H groups in total. The molecule has 1 fully saturated rings. The van der Waals surface area contributed by atoms with Gasteiger partial charge < -0.3 is 19.7 Å². The van der Waals surface area contributed by atoms with Gasteiger partial charge >= 0.3 is 12.1 Å². The maximum absolute atomic E-state index is 12.0. The number of carbonyl (C=O) groups is 2. The first-order valence-electron chi connectivity index (χ1n) is 9.26. The van der Waals surface area contributed by atoms with Crippen molar-refractivity contribution in [3.05, 3.63) is 59.3 Å². The molecule has 0 atom stereocenters. The number of esters is 1. The van der Waals surface area contributed by atoms with E-state index in [1.54, 1.807) is 7.05 Å². The van der Waals surface area contributed by atoms with Crippen molar-refractivity contribution in [1.82, 2.24) is 9.88 Å². The summed E-state index contributed by atoms with van der Waals surface area (Å²) >= 11 is 0. The molecule has 1 spiro atoms. The van der Waals surface area contributed by atoms with Gasteiger partial charge in [0.2, 0.25) is 0 Å². The number of hydrogen-bond acceptors (Lipinski definition) is 6. The van der Waals surface area contributed by atoms with Gasteiger partial charge in [-0.1, -0.05) is 18.2 Å². The number of anilines is 1. The highest BCUT2D eigenvalue weighted by Gasteiger charge is 2.46. The van der Waals surface area contributed by atoms with Crippen molar-refractivity contribution in [3.8, 4) is 0 Å². The number of halogens is 3. The van der Waals surface area contributed by atoms with Crippen molar-refractivity contribution < 1.29 is 27.5 Å². The Labute approximate surface area is 173 Å². The molecule has 0 unspecified atom stereocenters. The van der Waals surface area contributed by atoms with Crippen LogP contribution in [0.3, 0.4) is 0 Å². The Kier molecular flexibility index (Phi) is 7.55. The second kappa shape index (κ2) is 9.71. The summed E-state index contributed by atoms with van der Waals surface area (Å²) < 4.78 is 41.5. The number of carbonyl (C=O) groups excluding carboxylic acids is 2. The SMILES string of the molecule is C=O.CN1CCC2(CC1)OC(=O)c1ccccc12.CNc1ccc(C(F)(F)F)cn1. The number of nitrogens with zero attached hydrogens (tertiary/aromatic N) is 2. The zero-order valence-corrected chi connectivity index (χ0v) is 16.8. The van der Waals surface area contributed by atoms with E-state index in [-0.39, 0.29) is 11.6 Å². The first-order valence-corrected chi connectivity index (χ1v) is 9.26. The molecule has 30 heavy (non-hydrogen) atoms. The molecule has 0 amide bonds. The van der Waals surface area contributed by atoms with Crippen LogP contribution in [0, 0.1) is 0 Å². The van der Waals surface area contributed by atoms with Gasteiger partial charge in [-0.3, -0.25) is 0 Å². The fourth-order valence-corrected chi connectivity index (χ4v) is 3.41. The Bertz CT molecular complexity index is 849. The molecular formula is C21H24F3N3O3. The van der Waals surface area contributed by atoms with Crippen molar-refractivity contribution in [1.29, 1.82) is 0 Å². The second-order valence-electron chi connectivity index (χ2n) is 6.91. The molecule has 9 heteroatoms. The van der Waals surface area contributed by atoms with Crippen molar-refractivity contribution in [2.24, 2.45) is 0 Å². The van der Waals surface area contributed by atoms with E-state index in [2.05, 4.69) is 22.2 Å². The van der Waals surface area contributed by atoms with Crippen LogP contribution in [0.25, 0.3) is 0 Å². The van der Waals surface area contributed by atoms with Gasteiger partial charge in [0.05, 0.1) is 11.1 Å². The third-order valence-electron chi connectivity index (χ3n) is 5.07. The van der Waals surface area contributed by atoms with Crippen LogP contribution < -0.4 is 5.32 Å². The smallest absolute Gasteiger partial charge is 0.417 e. The van der Waals surface area contributed by atoms with Crippen LogP contribution in [0.2, 0.25) is 0 Å². The lowest BCUT2D eigenvalue weighted by Crippen LogP contribution is -2.40. The fraction of sp³-hybridized carbons (Fsp3) is 0.381. The van der Waals surface area contributed by atoms with Gasteiger partial charge in [-0.15, -0.1) is 0 Å². The molecule has 2 aliphatic rings. The van der Waals surface area contributed by atoms with E-state index in [1.165, 1.54) is 6.07 Å². The molecule has 1 saturated heterocycles. The molecule has 0 aliphatic carbocycles. The van der Waals surface area contributed by atoms with Gasteiger partial charge in [0.25, 0.3) is 0 Å².